The lowest BCUT2D eigenvalue weighted by Gasteiger charge is -2.23. The van der Waals surface area contributed by atoms with Crippen molar-refractivity contribution in [2.24, 2.45) is 10.1 Å². The molecule has 3 aliphatic heterocycles. The van der Waals surface area contributed by atoms with E-state index in [2.05, 4.69) is 10.3 Å². The Balaban J connectivity index is 1.19. The number of nitrogens with zero attached hydrogens (tertiary/aromatic N) is 3. The molecule has 3 aromatic rings. The highest BCUT2D eigenvalue weighted by molar-refractivity contribution is 8.15. The van der Waals surface area contributed by atoms with Gasteiger partial charge in [-0.1, -0.05) is 47.6 Å². The second-order valence-corrected chi connectivity index (χ2v) is 10.4. The lowest BCUT2D eigenvalue weighted by Crippen LogP contribution is -2.25. The van der Waals surface area contributed by atoms with Crippen LogP contribution in [0.15, 0.2) is 76.8 Å². The van der Waals surface area contributed by atoms with Crippen LogP contribution >= 0.6 is 23.4 Å². The third kappa shape index (κ3) is 4.97. The molecule has 11 heteroatoms. The maximum absolute atomic E-state index is 13.5. The molecule has 0 aromatic heterocycles. The number of carbonyl (C=O) groups excluding carboxylic acids is 2. The van der Waals surface area contributed by atoms with Crippen LogP contribution in [0.1, 0.15) is 30.0 Å². The molecule has 0 radical (unpaired) electrons. The highest BCUT2D eigenvalue weighted by atomic mass is 35.5. The molecule has 0 saturated carbocycles. The van der Waals surface area contributed by atoms with Crippen LogP contribution in [0, 0.1) is 5.82 Å². The summed E-state index contributed by atoms with van der Waals surface area (Å²) in [6.07, 6.45) is 0.449. The van der Waals surface area contributed by atoms with Gasteiger partial charge in [0.05, 0.1) is 11.8 Å². The van der Waals surface area contributed by atoms with Crippen LogP contribution in [0.2, 0.25) is 5.02 Å². The first-order valence-electron chi connectivity index (χ1n) is 11.8. The molecule has 0 unspecified atom stereocenters. The molecule has 8 nitrogen and oxygen atoms in total. The fourth-order valence-corrected chi connectivity index (χ4v) is 5.70. The molecule has 2 atom stereocenters. The molecule has 3 aliphatic rings. The van der Waals surface area contributed by atoms with E-state index in [0.717, 1.165) is 16.8 Å². The van der Waals surface area contributed by atoms with E-state index in [4.69, 9.17) is 26.2 Å². The molecule has 192 valence electrons. The summed E-state index contributed by atoms with van der Waals surface area (Å²) < 4.78 is 24.1. The van der Waals surface area contributed by atoms with Gasteiger partial charge < -0.3 is 14.8 Å². The van der Waals surface area contributed by atoms with Crippen LogP contribution in [0.25, 0.3) is 0 Å². The minimum absolute atomic E-state index is 0.0604. The predicted molar refractivity (Wildman–Crippen MR) is 143 cm³/mol. The number of nitrogens with one attached hydrogen (secondary N) is 1. The molecule has 2 amide bonds. The Hall–Kier alpha value is -3.89. The summed E-state index contributed by atoms with van der Waals surface area (Å²) in [5, 5.41) is 9.54. The Kier molecular flexibility index (Phi) is 6.50. The number of fused-ring (bicyclic) bond motifs is 1. The first-order valence-corrected chi connectivity index (χ1v) is 13.1. The minimum atomic E-state index is -0.691. The number of ether oxygens (including phenoxy) is 2. The molecular formula is C27H20ClFN4O4S. The van der Waals surface area contributed by atoms with Crippen molar-refractivity contribution in [2.75, 3.05) is 12.1 Å². The van der Waals surface area contributed by atoms with Crippen LogP contribution in [0.3, 0.4) is 0 Å². The normalized spacial score (nSPS) is 19.9. The maximum Gasteiger partial charge on any atom is 0.262 e. The van der Waals surface area contributed by atoms with Gasteiger partial charge in [0.1, 0.15) is 11.1 Å². The van der Waals surface area contributed by atoms with Crippen molar-refractivity contribution in [3.05, 3.63) is 88.7 Å². The monoisotopic (exact) mass is 550 g/mol. The quantitative estimate of drug-likeness (QED) is 0.458. The topological polar surface area (TPSA) is 92.6 Å². The highest BCUT2D eigenvalue weighted by Gasteiger charge is 2.39. The molecule has 0 spiro atoms. The SMILES string of the molecule is O=C(C[C@@H]1SC(N2N=C(c3ccc(F)cc3)C[C@@H]2c2cccc(Cl)c2)=NC1=O)Nc1ccc2c(c1)OCO2. The van der Waals surface area contributed by atoms with E-state index in [9.17, 15) is 14.0 Å². The summed E-state index contributed by atoms with van der Waals surface area (Å²) in [5.41, 5.74) is 2.95. The third-order valence-electron chi connectivity index (χ3n) is 6.27. The lowest BCUT2D eigenvalue weighted by atomic mass is 9.98. The van der Waals surface area contributed by atoms with E-state index >= 15 is 0 Å². The zero-order valence-electron chi connectivity index (χ0n) is 19.8. The van der Waals surface area contributed by atoms with Gasteiger partial charge >= 0.3 is 0 Å². The van der Waals surface area contributed by atoms with E-state index in [1.807, 2.05) is 18.2 Å². The van der Waals surface area contributed by atoms with E-state index in [1.54, 1.807) is 41.4 Å². The van der Waals surface area contributed by atoms with E-state index < -0.39 is 11.2 Å². The van der Waals surface area contributed by atoms with E-state index in [0.29, 0.717) is 33.8 Å². The first-order chi connectivity index (χ1) is 18.4. The third-order valence-corrected chi connectivity index (χ3v) is 7.65. The summed E-state index contributed by atoms with van der Waals surface area (Å²) in [6.45, 7) is 0.137. The van der Waals surface area contributed by atoms with Gasteiger partial charge in [0.25, 0.3) is 5.91 Å². The Bertz CT molecular complexity index is 1500. The largest absolute Gasteiger partial charge is 0.454 e. The Morgan fingerprint density at radius 3 is 2.74 bits per heavy atom. The number of aliphatic imine (C=N–C) groups is 1. The van der Waals surface area contributed by atoms with E-state index in [-0.39, 0.29) is 31.0 Å². The van der Waals surface area contributed by atoms with Gasteiger partial charge in [0.2, 0.25) is 12.7 Å². The molecule has 3 heterocycles. The number of hydrazone groups is 1. The standard InChI is InChI=1S/C27H20ClFN4O4S/c28-17-3-1-2-16(10-17)21-12-20(15-4-6-18(29)7-5-15)32-33(21)27-31-26(35)24(38-27)13-25(34)30-19-8-9-22-23(11-19)37-14-36-22/h1-11,21,24H,12-14H2,(H,30,34)/t21-,24+/m1/s1. The Morgan fingerprint density at radius 1 is 1.11 bits per heavy atom. The van der Waals surface area contributed by atoms with Crippen LogP contribution in [0.5, 0.6) is 11.5 Å². The Labute approximate surface area is 226 Å². The maximum atomic E-state index is 13.5. The second kappa shape index (κ2) is 10.1. The summed E-state index contributed by atoms with van der Waals surface area (Å²) in [6, 6.07) is 18.4. The van der Waals surface area contributed by atoms with Gasteiger partial charge in [-0.2, -0.15) is 10.1 Å². The smallest absolute Gasteiger partial charge is 0.262 e. The molecule has 6 rings (SSSR count). The van der Waals surface area contributed by atoms with Crippen molar-refractivity contribution in [1.29, 1.82) is 0 Å². The van der Waals surface area contributed by atoms with Crippen LogP contribution in [-0.2, 0) is 9.59 Å². The van der Waals surface area contributed by atoms with E-state index in [1.165, 1.54) is 23.9 Å². The number of amidine groups is 1. The van der Waals surface area contributed by atoms with Crippen molar-refractivity contribution < 1.29 is 23.5 Å². The van der Waals surface area contributed by atoms with Gasteiger partial charge in [-0.25, -0.2) is 9.40 Å². The summed E-state index contributed by atoms with van der Waals surface area (Å²) in [4.78, 5) is 29.8. The molecule has 0 bridgehead atoms. The molecular weight excluding hydrogens is 531 g/mol. The summed E-state index contributed by atoms with van der Waals surface area (Å²) >= 11 is 7.45. The highest BCUT2D eigenvalue weighted by Crippen LogP contribution is 2.39. The number of hydrogen-bond acceptors (Lipinski definition) is 7. The molecule has 0 saturated heterocycles. The van der Waals surface area contributed by atoms with Gasteiger partial charge in [0, 0.05) is 29.6 Å². The van der Waals surface area contributed by atoms with Crippen molar-refractivity contribution in [3.63, 3.8) is 0 Å². The fraction of sp³-hybridized carbons (Fsp3) is 0.185. The van der Waals surface area contributed by atoms with Gasteiger partial charge in [0.15, 0.2) is 16.7 Å². The lowest BCUT2D eigenvalue weighted by molar-refractivity contribution is -0.121. The number of benzene rings is 3. The first kappa shape index (κ1) is 24.4. The minimum Gasteiger partial charge on any atom is -0.454 e. The van der Waals surface area contributed by atoms with Crippen LogP contribution in [0.4, 0.5) is 10.1 Å². The van der Waals surface area contributed by atoms with Crippen molar-refractivity contribution in [3.8, 4) is 11.5 Å². The number of halogens is 2. The van der Waals surface area contributed by atoms with Gasteiger partial charge in [-0.3, -0.25) is 9.59 Å². The number of thioether (sulfide) groups is 1. The molecule has 0 aliphatic carbocycles. The van der Waals surface area contributed by atoms with Gasteiger partial charge in [-0.15, -0.1) is 0 Å². The van der Waals surface area contributed by atoms with Crippen molar-refractivity contribution in [1.82, 2.24) is 5.01 Å². The molecule has 3 aromatic carbocycles. The number of hydrogen-bond donors (Lipinski definition) is 1. The summed E-state index contributed by atoms with van der Waals surface area (Å²) in [7, 11) is 0. The predicted octanol–water partition coefficient (Wildman–Crippen LogP) is 5.39. The zero-order chi connectivity index (χ0) is 26.2. The van der Waals surface area contributed by atoms with Gasteiger partial charge in [-0.05, 0) is 47.5 Å². The van der Waals surface area contributed by atoms with Crippen LogP contribution < -0.4 is 14.8 Å². The van der Waals surface area contributed by atoms with Crippen molar-refractivity contribution >= 4 is 51.7 Å². The second-order valence-electron chi connectivity index (χ2n) is 8.83. The number of anilines is 1. The van der Waals surface area contributed by atoms with Crippen LogP contribution in [-0.4, -0.2) is 39.7 Å². The number of carbonyl (C=O) groups is 2. The zero-order valence-corrected chi connectivity index (χ0v) is 21.3. The number of amides is 2. The van der Waals surface area contributed by atoms with Crippen molar-refractivity contribution in [2.45, 2.75) is 24.1 Å². The summed E-state index contributed by atoms with van der Waals surface area (Å²) in [5.74, 6) is 0.105. The molecule has 0 fully saturated rings. The molecule has 38 heavy (non-hydrogen) atoms. The number of rotatable bonds is 5. The molecule has 1 N–H and O–H groups in total. The fourth-order valence-electron chi connectivity index (χ4n) is 4.44. The average molecular weight is 551 g/mol. The Morgan fingerprint density at radius 2 is 1.92 bits per heavy atom. The average Bonchev–Trinajstić information content (AvgIpc) is 3.63.